The second-order valence-electron chi connectivity index (χ2n) is 3.72. The average molecular weight is 158 g/mol. The fourth-order valence-electron chi connectivity index (χ4n) is 1.63. The molecule has 0 aromatic heterocycles. The molecule has 0 radical (unpaired) electrons. The van der Waals surface area contributed by atoms with Crippen LogP contribution in [-0.2, 0) is 6.42 Å². The largest absolute Gasteiger partial charge is 0.0795 e. The minimum absolute atomic E-state index is 0.643. The van der Waals surface area contributed by atoms with Crippen LogP contribution in [0.1, 0.15) is 36.5 Å². The van der Waals surface area contributed by atoms with Crippen molar-refractivity contribution in [2.75, 3.05) is 0 Å². The molecule has 0 aliphatic heterocycles. The third-order valence-corrected chi connectivity index (χ3v) is 2.47. The Morgan fingerprint density at radius 1 is 1.25 bits per heavy atom. The van der Waals surface area contributed by atoms with Gasteiger partial charge in [0.15, 0.2) is 0 Å². The van der Waals surface area contributed by atoms with Crippen LogP contribution < -0.4 is 0 Å². The van der Waals surface area contributed by atoms with E-state index in [0.717, 1.165) is 6.42 Å². The van der Waals surface area contributed by atoms with Gasteiger partial charge in [0.05, 0.1) is 0 Å². The van der Waals surface area contributed by atoms with Gasteiger partial charge in [0.2, 0.25) is 0 Å². The highest BCUT2D eigenvalue weighted by Gasteiger charge is 2.06. The number of benzene rings is 1. The lowest BCUT2D eigenvalue weighted by molar-refractivity contribution is 0.865. The van der Waals surface area contributed by atoms with E-state index < -0.39 is 0 Å². The summed E-state index contributed by atoms with van der Waals surface area (Å²) >= 11 is 0. The quantitative estimate of drug-likeness (QED) is 0.587. The number of fused-ring (bicyclic) bond motifs is 1. The van der Waals surface area contributed by atoms with Crippen LogP contribution in [0.3, 0.4) is 0 Å². The number of rotatable bonds is 1. The summed E-state index contributed by atoms with van der Waals surface area (Å²) in [5.41, 5.74) is 4.33. The van der Waals surface area contributed by atoms with E-state index in [4.69, 9.17) is 0 Å². The number of allylic oxidation sites excluding steroid dienone is 1. The molecule has 0 N–H and O–H groups in total. The molecule has 1 aliphatic rings. The van der Waals surface area contributed by atoms with Gasteiger partial charge < -0.3 is 0 Å². The molecule has 0 fully saturated rings. The van der Waals surface area contributed by atoms with E-state index in [9.17, 15) is 0 Å². The molecule has 0 heterocycles. The molecule has 2 rings (SSSR count). The van der Waals surface area contributed by atoms with Gasteiger partial charge in [-0.25, -0.2) is 0 Å². The van der Waals surface area contributed by atoms with Crippen LogP contribution in [0.4, 0.5) is 0 Å². The molecule has 12 heavy (non-hydrogen) atoms. The van der Waals surface area contributed by atoms with Gasteiger partial charge in [0.1, 0.15) is 0 Å². The molecule has 0 spiro atoms. The third kappa shape index (κ3) is 1.18. The second-order valence-corrected chi connectivity index (χ2v) is 3.72. The van der Waals surface area contributed by atoms with Crippen molar-refractivity contribution in [3.8, 4) is 0 Å². The van der Waals surface area contributed by atoms with Crippen LogP contribution in [0.15, 0.2) is 24.3 Å². The maximum Gasteiger partial charge on any atom is -0.00882 e. The van der Waals surface area contributed by atoms with Crippen LogP contribution in [-0.4, -0.2) is 0 Å². The van der Waals surface area contributed by atoms with Crippen molar-refractivity contribution in [2.45, 2.75) is 26.2 Å². The Morgan fingerprint density at radius 2 is 2.08 bits per heavy atom. The Bertz CT molecular complexity index is 319. The van der Waals surface area contributed by atoms with Gasteiger partial charge in [0.25, 0.3) is 0 Å². The summed E-state index contributed by atoms with van der Waals surface area (Å²) in [6.45, 7) is 4.47. The molecule has 0 nitrogen and oxygen atoms in total. The lowest BCUT2D eigenvalue weighted by Crippen LogP contribution is -1.89. The summed E-state index contributed by atoms with van der Waals surface area (Å²) in [7, 11) is 0. The molecule has 1 aromatic carbocycles. The van der Waals surface area contributed by atoms with Crippen molar-refractivity contribution in [3.63, 3.8) is 0 Å². The van der Waals surface area contributed by atoms with Gasteiger partial charge in [-0.2, -0.15) is 0 Å². The molecule has 0 atom stereocenters. The van der Waals surface area contributed by atoms with E-state index in [2.05, 4.69) is 44.2 Å². The van der Waals surface area contributed by atoms with Crippen LogP contribution >= 0.6 is 0 Å². The predicted octanol–water partition coefficient (Wildman–Crippen LogP) is 3.38. The highest BCUT2D eigenvalue weighted by Crippen LogP contribution is 2.24. The Hall–Kier alpha value is -1.04. The molecule has 62 valence electrons. The topological polar surface area (TPSA) is 0 Å². The minimum Gasteiger partial charge on any atom is -0.0795 e. The maximum atomic E-state index is 2.31. The first-order valence-electron chi connectivity index (χ1n) is 4.57. The van der Waals surface area contributed by atoms with Crippen molar-refractivity contribution < 1.29 is 0 Å². The zero-order valence-electron chi connectivity index (χ0n) is 7.67. The third-order valence-electron chi connectivity index (χ3n) is 2.47. The smallest absolute Gasteiger partial charge is 0.00882 e. The summed E-state index contributed by atoms with van der Waals surface area (Å²) < 4.78 is 0. The van der Waals surface area contributed by atoms with Crippen molar-refractivity contribution in [2.24, 2.45) is 0 Å². The van der Waals surface area contributed by atoms with E-state index in [1.165, 1.54) is 16.7 Å². The van der Waals surface area contributed by atoms with Crippen LogP contribution in [0.25, 0.3) is 6.08 Å². The summed E-state index contributed by atoms with van der Waals surface area (Å²) in [4.78, 5) is 0. The van der Waals surface area contributed by atoms with Gasteiger partial charge >= 0.3 is 0 Å². The predicted molar refractivity (Wildman–Crippen MR) is 53.3 cm³/mol. The second kappa shape index (κ2) is 2.78. The van der Waals surface area contributed by atoms with Gasteiger partial charge in [-0.3, -0.25) is 0 Å². The highest BCUT2D eigenvalue weighted by atomic mass is 14.1. The molecule has 1 aliphatic carbocycles. The zero-order valence-corrected chi connectivity index (χ0v) is 7.67. The fraction of sp³-hybridized carbons (Fsp3) is 0.333. The molecule has 1 aromatic rings. The SMILES string of the molecule is CC(C)c1ccc2c(c1)C=CC2. The lowest BCUT2D eigenvalue weighted by atomic mass is 9.99. The minimum atomic E-state index is 0.643. The Morgan fingerprint density at radius 3 is 2.83 bits per heavy atom. The Balaban J connectivity index is 2.44. The average Bonchev–Trinajstić information content (AvgIpc) is 2.49. The number of hydrogen-bond acceptors (Lipinski definition) is 0. The highest BCUT2D eigenvalue weighted by molar-refractivity contribution is 5.60. The van der Waals surface area contributed by atoms with Gasteiger partial charge in [0, 0.05) is 0 Å². The standard InChI is InChI=1S/C12H14/c1-9(2)11-7-6-10-4-3-5-12(10)8-11/h3,5-9H,4H2,1-2H3. The molecule has 0 saturated heterocycles. The molecule has 0 unspecified atom stereocenters. The van der Waals surface area contributed by atoms with Gasteiger partial charge in [-0.05, 0) is 29.0 Å². The normalized spacial score (nSPS) is 13.9. The summed E-state index contributed by atoms with van der Waals surface area (Å²) in [6, 6.07) is 6.81. The Labute approximate surface area is 73.9 Å². The van der Waals surface area contributed by atoms with E-state index in [-0.39, 0.29) is 0 Å². The monoisotopic (exact) mass is 158 g/mol. The fourth-order valence-corrected chi connectivity index (χ4v) is 1.63. The van der Waals surface area contributed by atoms with Crippen molar-refractivity contribution in [1.29, 1.82) is 0 Å². The molecule has 0 amide bonds. The first-order valence-corrected chi connectivity index (χ1v) is 4.57. The van der Waals surface area contributed by atoms with Crippen molar-refractivity contribution in [3.05, 3.63) is 41.0 Å². The molecule has 0 heteroatoms. The van der Waals surface area contributed by atoms with Gasteiger partial charge in [-0.15, -0.1) is 0 Å². The van der Waals surface area contributed by atoms with Crippen LogP contribution in [0, 0.1) is 0 Å². The van der Waals surface area contributed by atoms with E-state index in [0.29, 0.717) is 5.92 Å². The summed E-state index contributed by atoms with van der Waals surface area (Å²) in [6.07, 6.45) is 5.57. The molecule has 0 saturated carbocycles. The van der Waals surface area contributed by atoms with E-state index >= 15 is 0 Å². The van der Waals surface area contributed by atoms with E-state index in [1.54, 1.807) is 0 Å². The van der Waals surface area contributed by atoms with Gasteiger partial charge in [-0.1, -0.05) is 44.2 Å². The molecule has 0 bridgehead atoms. The Kier molecular flexibility index (Phi) is 1.76. The first-order chi connectivity index (χ1) is 5.77. The van der Waals surface area contributed by atoms with Crippen LogP contribution in [0.2, 0.25) is 0 Å². The van der Waals surface area contributed by atoms with Crippen LogP contribution in [0.5, 0.6) is 0 Å². The first kappa shape index (κ1) is 7.60. The molecular weight excluding hydrogens is 144 g/mol. The maximum absolute atomic E-state index is 2.31. The van der Waals surface area contributed by atoms with Crippen molar-refractivity contribution >= 4 is 6.08 Å². The van der Waals surface area contributed by atoms with E-state index in [1.807, 2.05) is 0 Å². The lowest BCUT2D eigenvalue weighted by Gasteiger charge is -2.07. The zero-order chi connectivity index (χ0) is 8.55. The van der Waals surface area contributed by atoms with Crippen molar-refractivity contribution in [1.82, 2.24) is 0 Å². The summed E-state index contributed by atoms with van der Waals surface area (Å²) in [5, 5.41) is 0. The molecular formula is C12H14. The summed E-state index contributed by atoms with van der Waals surface area (Å²) in [5.74, 6) is 0.643. The number of hydrogen-bond donors (Lipinski definition) is 0.